The van der Waals surface area contributed by atoms with Crippen molar-refractivity contribution in [3.8, 4) is 0 Å². The Morgan fingerprint density at radius 2 is 2.08 bits per heavy atom. The molecule has 0 aromatic rings. The number of carboxylic acid groups (broad SMARTS) is 1. The van der Waals surface area contributed by atoms with Crippen molar-refractivity contribution in [3.05, 3.63) is 0 Å². The average molecular weight is 374 g/mol. The van der Waals surface area contributed by atoms with E-state index in [4.69, 9.17) is 14.3 Å². The highest BCUT2D eigenvalue weighted by Gasteiger charge is 2.59. The van der Waals surface area contributed by atoms with Crippen molar-refractivity contribution in [2.45, 2.75) is 50.3 Å². The third kappa shape index (κ3) is 4.28. The van der Waals surface area contributed by atoms with Crippen LogP contribution in [0.15, 0.2) is 0 Å². The Labute approximate surface area is 145 Å². The summed E-state index contributed by atoms with van der Waals surface area (Å²) in [7, 11) is -1.36. The molecule has 2 amide bonds. The van der Waals surface area contributed by atoms with Crippen LogP contribution >= 0.6 is 0 Å². The molecule has 2 aliphatic heterocycles. The fourth-order valence-corrected chi connectivity index (χ4v) is 3.10. The van der Waals surface area contributed by atoms with Gasteiger partial charge in [0.1, 0.15) is 12.6 Å². The SMILES string of the molecule is C[Si](C)(C)CCOC(=O)N[C@H]1CON(C2(C(=O)O)CCC(=O)O2)C1=O. The van der Waals surface area contributed by atoms with Gasteiger partial charge in [0.05, 0.1) is 13.0 Å². The number of carbonyl (C=O) groups is 4. The van der Waals surface area contributed by atoms with Gasteiger partial charge in [-0.25, -0.2) is 9.59 Å². The minimum atomic E-state index is -2.19. The predicted molar refractivity (Wildman–Crippen MR) is 84.9 cm³/mol. The predicted octanol–water partition coefficient (Wildman–Crippen LogP) is 0.311. The van der Waals surface area contributed by atoms with E-state index in [1.807, 2.05) is 0 Å². The van der Waals surface area contributed by atoms with Crippen LogP contribution < -0.4 is 5.32 Å². The second-order valence-corrected chi connectivity index (χ2v) is 12.8. The summed E-state index contributed by atoms with van der Waals surface area (Å²) in [5.41, 5.74) is -2.19. The number of nitrogens with zero attached hydrogens (tertiary/aromatic N) is 1. The first kappa shape index (κ1) is 19.2. The van der Waals surface area contributed by atoms with Gasteiger partial charge in [-0.3, -0.25) is 14.4 Å². The number of carbonyl (C=O) groups excluding carboxylic acids is 3. The summed E-state index contributed by atoms with van der Waals surface area (Å²) in [6, 6.07) is -0.324. The summed E-state index contributed by atoms with van der Waals surface area (Å²) in [4.78, 5) is 52.1. The van der Waals surface area contributed by atoms with E-state index < -0.39 is 43.8 Å². The van der Waals surface area contributed by atoms with Crippen LogP contribution in [-0.4, -0.2) is 67.2 Å². The molecule has 140 valence electrons. The van der Waals surface area contributed by atoms with Crippen LogP contribution in [0.5, 0.6) is 0 Å². The number of hydrogen-bond acceptors (Lipinski definition) is 7. The first-order valence-electron chi connectivity index (χ1n) is 7.91. The van der Waals surface area contributed by atoms with E-state index >= 15 is 0 Å². The van der Waals surface area contributed by atoms with Gasteiger partial charge < -0.3 is 19.9 Å². The molecule has 2 rings (SSSR count). The highest BCUT2D eigenvalue weighted by Crippen LogP contribution is 2.33. The standard InChI is InChI=1S/C14H22N2O8Si/c1-25(2,3)7-6-22-13(21)15-9-8-23-16(11(9)18)14(12(19)20)5-4-10(17)24-14/h9H,4-8H2,1-3H3,(H,15,21)(H,19,20)/t9-,14?/m0/s1. The maximum absolute atomic E-state index is 12.4. The van der Waals surface area contributed by atoms with Gasteiger partial charge in [-0.1, -0.05) is 19.6 Å². The molecule has 11 heteroatoms. The summed E-state index contributed by atoms with van der Waals surface area (Å²) in [6.07, 6.45) is -1.15. The van der Waals surface area contributed by atoms with E-state index in [9.17, 15) is 24.3 Å². The lowest BCUT2D eigenvalue weighted by Gasteiger charge is -2.30. The molecule has 0 bridgehead atoms. The van der Waals surface area contributed by atoms with Gasteiger partial charge in [-0.2, -0.15) is 5.06 Å². The quantitative estimate of drug-likeness (QED) is 0.502. The second-order valence-electron chi connectivity index (χ2n) is 7.14. The van der Waals surface area contributed by atoms with Crippen LogP contribution in [0.3, 0.4) is 0 Å². The lowest BCUT2D eigenvalue weighted by molar-refractivity contribution is -0.256. The molecule has 2 fully saturated rings. The molecule has 2 atom stereocenters. The van der Waals surface area contributed by atoms with E-state index in [1.165, 1.54) is 0 Å². The van der Waals surface area contributed by atoms with Crippen molar-refractivity contribution in [2.24, 2.45) is 0 Å². The number of nitrogens with one attached hydrogen (secondary N) is 1. The number of amides is 2. The van der Waals surface area contributed by atoms with Gasteiger partial charge >= 0.3 is 23.8 Å². The highest BCUT2D eigenvalue weighted by atomic mass is 28.3. The number of rotatable bonds is 6. The van der Waals surface area contributed by atoms with E-state index in [1.54, 1.807) is 0 Å². The summed E-state index contributed by atoms with van der Waals surface area (Å²) in [5.74, 6) is -3.05. The lowest BCUT2D eigenvalue weighted by atomic mass is 10.1. The van der Waals surface area contributed by atoms with Crippen LogP contribution in [-0.2, 0) is 28.7 Å². The van der Waals surface area contributed by atoms with Crippen LogP contribution in [0.2, 0.25) is 25.7 Å². The Bertz CT molecular complexity index is 590. The zero-order valence-electron chi connectivity index (χ0n) is 14.4. The van der Waals surface area contributed by atoms with Crippen molar-refractivity contribution in [1.82, 2.24) is 10.4 Å². The maximum atomic E-state index is 12.4. The van der Waals surface area contributed by atoms with E-state index in [0.717, 1.165) is 6.04 Å². The number of cyclic esters (lactones) is 1. The number of hydroxylamine groups is 2. The fourth-order valence-electron chi connectivity index (χ4n) is 2.39. The van der Waals surface area contributed by atoms with Crippen LogP contribution in [0.1, 0.15) is 12.8 Å². The van der Waals surface area contributed by atoms with Gasteiger partial charge in [0, 0.05) is 14.5 Å². The molecule has 2 aliphatic rings. The molecule has 0 aromatic heterocycles. The Kier molecular flexibility index (Phi) is 5.37. The van der Waals surface area contributed by atoms with Crippen LogP contribution in [0.25, 0.3) is 0 Å². The van der Waals surface area contributed by atoms with Gasteiger partial charge in [0.2, 0.25) is 0 Å². The van der Waals surface area contributed by atoms with Crippen LogP contribution in [0, 0.1) is 0 Å². The molecule has 25 heavy (non-hydrogen) atoms. The molecule has 1 unspecified atom stereocenters. The first-order chi connectivity index (χ1) is 11.5. The monoisotopic (exact) mass is 374 g/mol. The van der Waals surface area contributed by atoms with Gasteiger partial charge in [-0.05, 0) is 6.04 Å². The zero-order valence-corrected chi connectivity index (χ0v) is 15.4. The normalized spacial score (nSPS) is 26.5. The fraction of sp³-hybridized carbons (Fsp3) is 0.714. The Morgan fingerprint density at radius 3 is 2.60 bits per heavy atom. The number of aliphatic carboxylic acids is 1. The van der Waals surface area contributed by atoms with Crippen molar-refractivity contribution in [1.29, 1.82) is 0 Å². The molecule has 0 aromatic carbocycles. The Balaban J connectivity index is 1.94. The molecule has 0 aliphatic carbocycles. The molecular formula is C14H22N2O8Si. The van der Waals surface area contributed by atoms with Crippen molar-refractivity contribution < 1.29 is 38.6 Å². The molecule has 2 heterocycles. The van der Waals surface area contributed by atoms with Crippen molar-refractivity contribution >= 4 is 32.0 Å². The maximum Gasteiger partial charge on any atom is 0.407 e. The van der Waals surface area contributed by atoms with Crippen LogP contribution in [0.4, 0.5) is 4.79 Å². The molecular weight excluding hydrogens is 352 g/mol. The highest BCUT2D eigenvalue weighted by molar-refractivity contribution is 6.76. The summed E-state index contributed by atoms with van der Waals surface area (Å²) in [5, 5.41) is 12.2. The average Bonchev–Trinajstić information content (AvgIpc) is 3.03. The van der Waals surface area contributed by atoms with Gasteiger partial charge in [-0.15, -0.1) is 0 Å². The summed E-state index contributed by atoms with van der Waals surface area (Å²) < 4.78 is 9.86. The van der Waals surface area contributed by atoms with Gasteiger partial charge in [0.15, 0.2) is 0 Å². The van der Waals surface area contributed by atoms with E-state index in [0.29, 0.717) is 5.06 Å². The minimum Gasteiger partial charge on any atom is -0.477 e. The van der Waals surface area contributed by atoms with Crippen molar-refractivity contribution in [3.63, 3.8) is 0 Å². The van der Waals surface area contributed by atoms with E-state index in [-0.39, 0.29) is 26.1 Å². The van der Waals surface area contributed by atoms with Crippen molar-refractivity contribution in [2.75, 3.05) is 13.2 Å². The second kappa shape index (κ2) is 7.00. The zero-order chi connectivity index (χ0) is 18.8. The number of hydrogen-bond donors (Lipinski definition) is 2. The third-order valence-corrected chi connectivity index (χ3v) is 5.56. The molecule has 0 saturated carbocycles. The Hall–Kier alpha value is -2.14. The smallest absolute Gasteiger partial charge is 0.407 e. The summed E-state index contributed by atoms with van der Waals surface area (Å²) >= 11 is 0. The largest absolute Gasteiger partial charge is 0.477 e. The number of ether oxygens (including phenoxy) is 2. The number of alkyl carbamates (subject to hydrolysis) is 1. The molecule has 2 N–H and O–H groups in total. The molecule has 0 radical (unpaired) electrons. The van der Waals surface area contributed by atoms with Gasteiger partial charge in [0.25, 0.3) is 5.91 Å². The number of esters is 1. The lowest BCUT2D eigenvalue weighted by Crippen LogP contribution is -2.56. The molecule has 2 saturated heterocycles. The Morgan fingerprint density at radius 1 is 1.40 bits per heavy atom. The number of carboxylic acids is 1. The molecule has 10 nitrogen and oxygen atoms in total. The topological polar surface area (TPSA) is 131 Å². The first-order valence-corrected chi connectivity index (χ1v) is 11.6. The van der Waals surface area contributed by atoms with E-state index in [2.05, 4.69) is 25.0 Å². The summed E-state index contributed by atoms with van der Waals surface area (Å²) in [6.45, 7) is 6.37. The molecule has 0 spiro atoms. The third-order valence-electron chi connectivity index (χ3n) is 3.86. The minimum absolute atomic E-state index is 0.143.